The average molecular weight is 384 g/mol. The fourth-order valence-corrected chi connectivity index (χ4v) is 1.67. The molecule has 1 aromatic heterocycles. The smallest absolute Gasteiger partial charge is 0.263 e. The average Bonchev–Trinajstić information content (AvgIpc) is 2.76. The van der Waals surface area contributed by atoms with E-state index in [1.807, 2.05) is 18.2 Å². The minimum Gasteiger partial charge on any atom is -0.496 e. The highest BCUT2D eigenvalue weighted by Crippen LogP contribution is 2.21. The highest BCUT2D eigenvalue weighted by Gasteiger charge is 2.01. The summed E-state index contributed by atoms with van der Waals surface area (Å²) in [6.45, 7) is 0. The second kappa shape index (κ2) is 8.62. The monoisotopic (exact) mass is 382 g/mol. The molecule has 0 atom stereocenters. The third-order valence-corrected chi connectivity index (χ3v) is 2.63. The third-order valence-electron chi connectivity index (χ3n) is 2.13. The Bertz CT molecular complexity index is 577. The molecule has 0 unspecified atom stereocenters. The van der Waals surface area contributed by atoms with Crippen molar-refractivity contribution in [3.63, 3.8) is 0 Å². The number of nitrogens with zero attached hydrogens (tertiary/aromatic N) is 4. The van der Waals surface area contributed by atoms with E-state index in [-0.39, 0.29) is 24.8 Å². The molecule has 0 radical (unpaired) electrons. The predicted molar refractivity (Wildman–Crippen MR) is 86.6 cm³/mol. The van der Waals surface area contributed by atoms with Crippen molar-refractivity contribution in [2.45, 2.75) is 0 Å². The van der Waals surface area contributed by atoms with Crippen molar-refractivity contribution in [3.05, 3.63) is 34.6 Å². The van der Waals surface area contributed by atoms with Gasteiger partial charge in [-0.05, 0) is 18.2 Å². The predicted octanol–water partition coefficient (Wildman–Crippen LogP) is 2.05. The van der Waals surface area contributed by atoms with E-state index >= 15 is 0 Å². The molecule has 1 aromatic carbocycles. The molecule has 10 heteroatoms. The van der Waals surface area contributed by atoms with Crippen molar-refractivity contribution in [3.8, 4) is 5.75 Å². The molecule has 0 amide bonds. The number of aromatic nitrogens is 3. The van der Waals surface area contributed by atoms with Crippen LogP contribution in [0.15, 0.2) is 34.1 Å². The van der Waals surface area contributed by atoms with Gasteiger partial charge in [0, 0.05) is 10.0 Å². The number of nitrogens with two attached hydrogens (primary N) is 1. The molecule has 1 heterocycles. The molecule has 2 aromatic rings. The number of methoxy groups -OCH3 is 1. The van der Waals surface area contributed by atoms with Gasteiger partial charge in [0.25, 0.3) is 5.95 Å². The van der Waals surface area contributed by atoms with Crippen LogP contribution in [0, 0.1) is 0 Å². The SMILES string of the molecule is COc1ccc(Br)cc1/C=N/Nc1nncn1N.Cl.Cl. The number of hydrogen-bond acceptors (Lipinski definition) is 6. The normalized spacial score (nSPS) is 9.70. The number of rotatable bonds is 4. The first-order valence-electron chi connectivity index (χ1n) is 4.98. The Labute approximate surface area is 136 Å². The molecule has 0 saturated carbocycles. The van der Waals surface area contributed by atoms with Gasteiger partial charge in [-0.3, -0.25) is 0 Å². The van der Waals surface area contributed by atoms with E-state index in [1.54, 1.807) is 13.3 Å². The summed E-state index contributed by atoms with van der Waals surface area (Å²) in [6, 6.07) is 5.62. The van der Waals surface area contributed by atoms with Gasteiger partial charge in [-0.2, -0.15) is 5.10 Å². The Morgan fingerprint density at radius 2 is 2.20 bits per heavy atom. The number of benzene rings is 1. The maximum atomic E-state index is 5.52. The summed E-state index contributed by atoms with van der Waals surface area (Å²) in [4.78, 5) is 0. The second-order valence-electron chi connectivity index (χ2n) is 3.32. The first kappa shape index (κ1) is 18.5. The summed E-state index contributed by atoms with van der Waals surface area (Å²) in [5, 5.41) is 11.4. The lowest BCUT2D eigenvalue weighted by Crippen LogP contribution is -2.10. The molecule has 20 heavy (non-hydrogen) atoms. The minimum absolute atomic E-state index is 0. The maximum absolute atomic E-state index is 5.52. The molecule has 0 aliphatic heterocycles. The van der Waals surface area contributed by atoms with Crippen LogP contribution >= 0.6 is 40.7 Å². The van der Waals surface area contributed by atoms with Crippen molar-refractivity contribution < 1.29 is 4.74 Å². The van der Waals surface area contributed by atoms with Crippen molar-refractivity contribution in [1.82, 2.24) is 14.9 Å². The van der Waals surface area contributed by atoms with Gasteiger partial charge in [0.1, 0.15) is 12.1 Å². The fraction of sp³-hybridized carbons (Fsp3) is 0.100. The van der Waals surface area contributed by atoms with Crippen LogP contribution in [0.5, 0.6) is 5.75 Å². The van der Waals surface area contributed by atoms with E-state index in [0.717, 1.165) is 15.8 Å². The number of anilines is 1. The molecular weight excluding hydrogens is 371 g/mol. The minimum atomic E-state index is 0. The van der Waals surface area contributed by atoms with E-state index in [4.69, 9.17) is 10.6 Å². The Kier molecular flexibility index (Phi) is 7.97. The quantitative estimate of drug-likeness (QED) is 0.479. The van der Waals surface area contributed by atoms with Crippen molar-refractivity contribution in [2.24, 2.45) is 5.10 Å². The van der Waals surface area contributed by atoms with Crippen LogP contribution in [0.4, 0.5) is 5.95 Å². The molecule has 0 saturated heterocycles. The van der Waals surface area contributed by atoms with E-state index in [0.29, 0.717) is 5.95 Å². The lowest BCUT2D eigenvalue weighted by atomic mass is 10.2. The summed E-state index contributed by atoms with van der Waals surface area (Å²) in [5.74, 6) is 6.59. The fourth-order valence-electron chi connectivity index (χ4n) is 1.29. The highest BCUT2D eigenvalue weighted by atomic mass is 79.9. The van der Waals surface area contributed by atoms with Gasteiger partial charge in [-0.25, -0.2) is 10.1 Å². The number of halogens is 3. The third kappa shape index (κ3) is 4.55. The van der Waals surface area contributed by atoms with Gasteiger partial charge in [0.15, 0.2) is 0 Å². The molecule has 7 nitrogen and oxygen atoms in total. The van der Waals surface area contributed by atoms with Crippen molar-refractivity contribution >= 4 is 52.9 Å². The van der Waals surface area contributed by atoms with E-state index < -0.39 is 0 Å². The van der Waals surface area contributed by atoms with Crippen LogP contribution in [-0.2, 0) is 0 Å². The lowest BCUT2D eigenvalue weighted by molar-refractivity contribution is 0.414. The maximum Gasteiger partial charge on any atom is 0.263 e. The summed E-state index contributed by atoms with van der Waals surface area (Å²) in [5.41, 5.74) is 3.50. The van der Waals surface area contributed by atoms with Gasteiger partial charge in [0.05, 0.1) is 13.3 Å². The molecule has 3 N–H and O–H groups in total. The largest absolute Gasteiger partial charge is 0.496 e. The molecular formula is C10H13BrCl2N6O. The number of nitrogen functional groups attached to an aromatic ring is 1. The zero-order chi connectivity index (χ0) is 13.0. The van der Waals surface area contributed by atoms with E-state index in [2.05, 4.69) is 36.7 Å². The van der Waals surface area contributed by atoms with Crippen LogP contribution in [-0.4, -0.2) is 28.2 Å². The van der Waals surface area contributed by atoms with Gasteiger partial charge in [-0.1, -0.05) is 15.9 Å². The molecule has 2 rings (SSSR count). The van der Waals surface area contributed by atoms with Crippen molar-refractivity contribution in [2.75, 3.05) is 18.4 Å². The van der Waals surface area contributed by atoms with E-state index in [9.17, 15) is 0 Å². The highest BCUT2D eigenvalue weighted by molar-refractivity contribution is 9.10. The Balaban J connectivity index is 0.00000180. The molecule has 0 aliphatic carbocycles. The van der Waals surface area contributed by atoms with E-state index in [1.165, 1.54) is 11.0 Å². The molecule has 0 aliphatic rings. The molecule has 0 spiro atoms. The molecule has 0 bridgehead atoms. The van der Waals surface area contributed by atoms with Crippen LogP contribution < -0.4 is 16.0 Å². The molecule has 0 fully saturated rings. The summed E-state index contributed by atoms with van der Waals surface area (Å²) in [7, 11) is 1.60. The van der Waals surface area contributed by atoms with Crippen LogP contribution in [0.2, 0.25) is 0 Å². The topological polar surface area (TPSA) is 90.3 Å². The van der Waals surface area contributed by atoms with Gasteiger partial charge in [-0.15, -0.1) is 35.0 Å². The second-order valence-corrected chi connectivity index (χ2v) is 4.23. The van der Waals surface area contributed by atoms with Crippen LogP contribution in [0.25, 0.3) is 0 Å². The van der Waals surface area contributed by atoms with Crippen molar-refractivity contribution in [1.29, 1.82) is 0 Å². The Morgan fingerprint density at radius 1 is 1.45 bits per heavy atom. The van der Waals surface area contributed by atoms with Crippen LogP contribution in [0.1, 0.15) is 5.56 Å². The van der Waals surface area contributed by atoms with Gasteiger partial charge >= 0.3 is 0 Å². The number of nitrogens with one attached hydrogen (secondary N) is 1. The van der Waals surface area contributed by atoms with Gasteiger partial charge in [0.2, 0.25) is 0 Å². The number of ether oxygens (including phenoxy) is 1. The first-order chi connectivity index (χ1) is 8.70. The van der Waals surface area contributed by atoms with Gasteiger partial charge < -0.3 is 10.6 Å². The summed E-state index contributed by atoms with van der Waals surface area (Å²) in [6.07, 6.45) is 2.98. The zero-order valence-electron chi connectivity index (χ0n) is 10.4. The summed E-state index contributed by atoms with van der Waals surface area (Å²) >= 11 is 3.38. The lowest BCUT2D eigenvalue weighted by Gasteiger charge is -2.04. The standard InChI is InChI=1S/C10H11BrN6O.2ClH/c1-18-9-3-2-8(11)4-7(9)5-13-15-10-16-14-6-17(10)12;;/h2-6H,12H2,1H3,(H,15,16);2*1H/b13-5+;;. The molecule has 110 valence electrons. The summed E-state index contributed by atoms with van der Waals surface area (Å²) < 4.78 is 7.38. The Hall–Kier alpha value is -1.51. The Morgan fingerprint density at radius 3 is 2.80 bits per heavy atom. The zero-order valence-corrected chi connectivity index (χ0v) is 13.6. The first-order valence-corrected chi connectivity index (χ1v) is 5.77. The number of hydrazone groups is 1. The number of hydrogen-bond donors (Lipinski definition) is 2. The van der Waals surface area contributed by atoms with Crippen LogP contribution in [0.3, 0.4) is 0 Å².